The summed E-state index contributed by atoms with van der Waals surface area (Å²) in [6.07, 6.45) is -0.786. The van der Waals surface area contributed by atoms with Crippen LogP contribution in [0.1, 0.15) is 38.8 Å². The highest BCUT2D eigenvalue weighted by Crippen LogP contribution is 2.10. The van der Waals surface area contributed by atoms with Gasteiger partial charge in [0.1, 0.15) is 0 Å². The zero-order chi connectivity index (χ0) is 18.8. The summed E-state index contributed by atoms with van der Waals surface area (Å²) < 4.78 is 12.0. The Labute approximate surface area is 157 Å². The molecule has 0 bridgehead atoms. The molecule has 2 nitrogen and oxygen atoms in total. The topological polar surface area (TPSA) is 18.5 Å². The van der Waals surface area contributed by atoms with Crippen LogP contribution in [-0.4, -0.2) is 24.4 Å². The van der Waals surface area contributed by atoms with E-state index in [4.69, 9.17) is 9.47 Å². The van der Waals surface area contributed by atoms with E-state index in [0.29, 0.717) is 0 Å². The van der Waals surface area contributed by atoms with Crippen LogP contribution in [0.15, 0.2) is 60.7 Å². The molecule has 2 atom stereocenters. The molecule has 2 rings (SSSR count). The van der Waals surface area contributed by atoms with Gasteiger partial charge in [0.15, 0.2) is 12.2 Å². The second-order valence-corrected chi connectivity index (χ2v) is 6.48. The second-order valence-electron chi connectivity index (χ2n) is 6.48. The number of hydrogen-bond donors (Lipinski definition) is 0. The third-order valence-corrected chi connectivity index (χ3v) is 3.38. The Morgan fingerprint density at radius 2 is 0.923 bits per heavy atom. The summed E-state index contributed by atoms with van der Waals surface area (Å²) >= 11 is 0. The largest absolute Gasteiger partial charge is 0.359 e. The summed E-state index contributed by atoms with van der Waals surface area (Å²) in [6.45, 7) is 7.98. The highest BCUT2D eigenvalue weighted by Gasteiger charge is 2.22. The lowest BCUT2D eigenvalue weighted by molar-refractivity contribution is -0.0621. The van der Waals surface area contributed by atoms with E-state index in [1.54, 1.807) is 0 Å². The summed E-state index contributed by atoms with van der Waals surface area (Å²) in [5.41, 5.74) is 1.90. The van der Waals surface area contributed by atoms with E-state index in [-0.39, 0.29) is 12.2 Å². The zero-order valence-corrected chi connectivity index (χ0v) is 15.9. The Morgan fingerprint density at radius 1 is 0.577 bits per heavy atom. The smallest absolute Gasteiger partial charge is 0.156 e. The van der Waals surface area contributed by atoms with E-state index >= 15 is 0 Å². The van der Waals surface area contributed by atoms with Gasteiger partial charge < -0.3 is 9.47 Å². The van der Waals surface area contributed by atoms with Gasteiger partial charge in [-0.05, 0) is 52.0 Å². The summed E-state index contributed by atoms with van der Waals surface area (Å²) in [4.78, 5) is 0. The van der Waals surface area contributed by atoms with Gasteiger partial charge in [-0.15, -0.1) is 0 Å². The second kappa shape index (κ2) is 10.5. The van der Waals surface area contributed by atoms with Crippen molar-refractivity contribution in [3.8, 4) is 23.7 Å². The van der Waals surface area contributed by atoms with E-state index in [0.717, 1.165) is 11.1 Å². The van der Waals surface area contributed by atoms with Crippen LogP contribution in [0.2, 0.25) is 0 Å². The lowest BCUT2D eigenvalue weighted by Gasteiger charge is -2.23. The Morgan fingerprint density at radius 3 is 1.23 bits per heavy atom. The molecule has 26 heavy (non-hydrogen) atoms. The van der Waals surface area contributed by atoms with Crippen molar-refractivity contribution in [2.75, 3.05) is 0 Å². The van der Waals surface area contributed by atoms with Crippen LogP contribution in [-0.2, 0) is 9.47 Å². The maximum atomic E-state index is 6.02. The Kier molecular flexibility index (Phi) is 7.97. The van der Waals surface area contributed by atoms with E-state index < -0.39 is 12.2 Å². The molecule has 0 aliphatic rings. The Bertz CT molecular complexity index is 701. The minimum atomic E-state index is -0.422. The van der Waals surface area contributed by atoms with Crippen molar-refractivity contribution < 1.29 is 9.47 Å². The van der Waals surface area contributed by atoms with Crippen LogP contribution >= 0.6 is 0 Å². The summed E-state index contributed by atoms with van der Waals surface area (Å²) in [7, 11) is 0. The molecule has 0 spiro atoms. The molecule has 2 aromatic rings. The van der Waals surface area contributed by atoms with Crippen molar-refractivity contribution in [1.82, 2.24) is 0 Å². The maximum Gasteiger partial charge on any atom is 0.156 e. The van der Waals surface area contributed by atoms with E-state index in [2.05, 4.69) is 23.7 Å². The van der Waals surface area contributed by atoms with Crippen molar-refractivity contribution in [3.63, 3.8) is 0 Å². The highest BCUT2D eigenvalue weighted by molar-refractivity contribution is 5.38. The van der Waals surface area contributed by atoms with Crippen LogP contribution in [0.3, 0.4) is 0 Å². The number of benzene rings is 2. The van der Waals surface area contributed by atoms with E-state index in [9.17, 15) is 0 Å². The van der Waals surface area contributed by atoms with Crippen molar-refractivity contribution in [1.29, 1.82) is 0 Å². The third-order valence-electron chi connectivity index (χ3n) is 3.38. The summed E-state index contributed by atoms with van der Waals surface area (Å²) in [6, 6.07) is 19.8. The van der Waals surface area contributed by atoms with Gasteiger partial charge in [0.2, 0.25) is 0 Å². The van der Waals surface area contributed by atoms with Crippen molar-refractivity contribution in [3.05, 3.63) is 71.8 Å². The Hall–Kier alpha value is -2.52. The SMILES string of the molecule is CC(C)O[C@H](C#Cc1ccccc1)[C@@H](C#Cc1ccccc1)OC(C)C. The van der Waals surface area contributed by atoms with Gasteiger partial charge >= 0.3 is 0 Å². The van der Waals surface area contributed by atoms with Crippen LogP contribution < -0.4 is 0 Å². The normalized spacial score (nSPS) is 12.7. The maximum absolute atomic E-state index is 6.02. The predicted molar refractivity (Wildman–Crippen MR) is 107 cm³/mol. The lowest BCUT2D eigenvalue weighted by Crippen LogP contribution is -2.33. The molecule has 0 N–H and O–H groups in total. The standard InChI is InChI=1S/C24H26O2/c1-19(2)25-23(17-15-21-11-7-5-8-12-21)24(26-20(3)4)18-16-22-13-9-6-10-14-22/h5-14,19-20,23-24H,1-4H3/t23-,24-/m1/s1. The molecule has 0 fully saturated rings. The molecule has 0 saturated carbocycles. The first kappa shape index (κ1) is 19.8. The molecule has 0 amide bonds. The molecular formula is C24H26O2. The first-order valence-electron chi connectivity index (χ1n) is 8.98. The molecule has 0 radical (unpaired) electrons. The average molecular weight is 346 g/mol. The number of ether oxygens (including phenoxy) is 2. The van der Waals surface area contributed by atoms with Gasteiger partial charge in [-0.3, -0.25) is 0 Å². The quantitative estimate of drug-likeness (QED) is 0.732. The fourth-order valence-electron chi connectivity index (χ4n) is 2.30. The van der Waals surface area contributed by atoms with Gasteiger partial charge in [0.25, 0.3) is 0 Å². The molecule has 0 heterocycles. The zero-order valence-electron chi connectivity index (χ0n) is 15.9. The fraction of sp³-hybridized carbons (Fsp3) is 0.333. The lowest BCUT2D eigenvalue weighted by atomic mass is 10.1. The van der Waals surface area contributed by atoms with Gasteiger partial charge in [-0.1, -0.05) is 60.1 Å². The minimum absolute atomic E-state index is 0.0295. The Balaban J connectivity index is 2.29. The molecule has 0 aliphatic carbocycles. The number of rotatable bonds is 5. The number of hydrogen-bond acceptors (Lipinski definition) is 2. The first-order chi connectivity index (χ1) is 12.5. The van der Waals surface area contributed by atoms with Crippen LogP contribution in [0.25, 0.3) is 0 Å². The van der Waals surface area contributed by atoms with Crippen molar-refractivity contribution in [2.24, 2.45) is 0 Å². The van der Waals surface area contributed by atoms with Crippen LogP contribution in [0.5, 0.6) is 0 Å². The molecule has 0 aliphatic heterocycles. The molecule has 0 saturated heterocycles. The van der Waals surface area contributed by atoms with Gasteiger partial charge in [-0.2, -0.15) is 0 Å². The van der Waals surface area contributed by atoms with Crippen molar-refractivity contribution in [2.45, 2.75) is 52.1 Å². The molecule has 0 aromatic heterocycles. The predicted octanol–water partition coefficient (Wildman–Crippen LogP) is 4.68. The van der Waals surface area contributed by atoms with Gasteiger partial charge in [0, 0.05) is 11.1 Å². The van der Waals surface area contributed by atoms with Crippen LogP contribution in [0, 0.1) is 23.7 Å². The third kappa shape index (κ3) is 7.16. The first-order valence-corrected chi connectivity index (χ1v) is 8.98. The van der Waals surface area contributed by atoms with E-state index in [1.807, 2.05) is 88.4 Å². The monoisotopic (exact) mass is 346 g/mol. The molecule has 2 aromatic carbocycles. The molecule has 134 valence electrons. The van der Waals surface area contributed by atoms with Gasteiger partial charge in [0.05, 0.1) is 12.2 Å². The molecule has 0 unspecified atom stereocenters. The van der Waals surface area contributed by atoms with E-state index in [1.165, 1.54) is 0 Å². The van der Waals surface area contributed by atoms with Crippen LogP contribution in [0.4, 0.5) is 0 Å². The highest BCUT2D eigenvalue weighted by atomic mass is 16.5. The fourth-order valence-corrected chi connectivity index (χ4v) is 2.30. The minimum Gasteiger partial charge on any atom is -0.359 e. The molecular weight excluding hydrogens is 320 g/mol. The summed E-state index contributed by atoms with van der Waals surface area (Å²) in [5, 5.41) is 0. The molecule has 2 heteroatoms. The summed E-state index contributed by atoms with van der Waals surface area (Å²) in [5.74, 6) is 12.8. The van der Waals surface area contributed by atoms with Crippen molar-refractivity contribution >= 4 is 0 Å². The average Bonchev–Trinajstić information content (AvgIpc) is 2.63. The van der Waals surface area contributed by atoms with Gasteiger partial charge in [-0.25, -0.2) is 0 Å².